The molecule has 1 amide bonds. The van der Waals surface area contributed by atoms with Gasteiger partial charge < -0.3 is 15.2 Å². The highest BCUT2D eigenvalue weighted by molar-refractivity contribution is 5.86. The molecule has 1 unspecified atom stereocenters. The van der Waals surface area contributed by atoms with Gasteiger partial charge in [0.15, 0.2) is 6.61 Å². The first-order chi connectivity index (χ1) is 15.0. The molecular weight excluding hydrogens is 418 g/mol. The van der Waals surface area contributed by atoms with Crippen LogP contribution in [-0.4, -0.2) is 51.0 Å². The topological polar surface area (TPSA) is 89.3 Å². The number of pyridine rings is 1. The summed E-state index contributed by atoms with van der Waals surface area (Å²) >= 11 is 0. The smallest absolute Gasteiger partial charge is 0.278 e. The summed E-state index contributed by atoms with van der Waals surface area (Å²) in [6, 6.07) is 7.05. The van der Waals surface area contributed by atoms with Gasteiger partial charge in [0, 0.05) is 31.2 Å². The van der Waals surface area contributed by atoms with Crippen LogP contribution in [0.2, 0.25) is 0 Å². The lowest BCUT2D eigenvalue weighted by atomic mass is 10.1. The molecule has 1 aromatic carbocycles. The van der Waals surface area contributed by atoms with Crippen LogP contribution in [0.5, 0.6) is 5.75 Å². The van der Waals surface area contributed by atoms with Crippen LogP contribution in [-0.2, 0) is 11.2 Å². The van der Waals surface area contributed by atoms with Crippen LogP contribution in [0.4, 0.5) is 8.78 Å². The zero-order valence-electron chi connectivity index (χ0n) is 18.6. The van der Waals surface area contributed by atoms with Crippen molar-refractivity contribution in [3.8, 4) is 5.75 Å². The fourth-order valence-corrected chi connectivity index (χ4v) is 3.29. The van der Waals surface area contributed by atoms with Crippen LogP contribution in [0.15, 0.2) is 36.7 Å². The van der Waals surface area contributed by atoms with Crippen molar-refractivity contribution in [1.29, 1.82) is 0 Å². The summed E-state index contributed by atoms with van der Waals surface area (Å²) in [4.78, 5) is 16.5. The van der Waals surface area contributed by atoms with E-state index in [4.69, 9.17) is 4.74 Å². The van der Waals surface area contributed by atoms with E-state index in [1.165, 1.54) is 0 Å². The van der Waals surface area contributed by atoms with Gasteiger partial charge in [-0.1, -0.05) is 12.1 Å². The number of halogens is 2. The number of hydrogen-bond donors (Lipinski definition) is 2. The number of nitrogens with zero attached hydrogens (tertiary/aromatic N) is 3. The van der Waals surface area contributed by atoms with E-state index in [0.717, 1.165) is 23.4 Å². The fraction of sp³-hybridized carbons (Fsp3) is 0.435. The quantitative estimate of drug-likeness (QED) is 0.526. The van der Waals surface area contributed by atoms with E-state index in [1.807, 2.05) is 32.2 Å². The second-order valence-corrected chi connectivity index (χ2v) is 8.19. The molecule has 2 aromatic heterocycles. The third-order valence-corrected chi connectivity index (χ3v) is 5.02. The molecule has 0 radical (unpaired) electrons. The maximum absolute atomic E-state index is 13.1. The van der Waals surface area contributed by atoms with Gasteiger partial charge in [-0.3, -0.25) is 14.5 Å². The van der Waals surface area contributed by atoms with E-state index in [1.54, 1.807) is 29.9 Å². The van der Waals surface area contributed by atoms with Crippen LogP contribution >= 0.6 is 0 Å². The van der Waals surface area contributed by atoms with E-state index in [2.05, 4.69) is 15.4 Å². The third kappa shape index (κ3) is 6.00. The molecule has 0 aliphatic heterocycles. The minimum absolute atomic E-state index is 0.0807. The second-order valence-electron chi connectivity index (χ2n) is 8.19. The van der Waals surface area contributed by atoms with E-state index in [0.29, 0.717) is 17.0 Å². The zero-order chi connectivity index (χ0) is 23.5. The Hall–Kier alpha value is -3.07. The van der Waals surface area contributed by atoms with Gasteiger partial charge in [0.25, 0.3) is 5.92 Å². The van der Waals surface area contributed by atoms with Gasteiger partial charge in [0.1, 0.15) is 5.75 Å². The Morgan fingerprint density at radius 1 is 1.31 bits per heavy atom. The number of amides is 1. The Morgan fingerprint density at radius 2 is 2.06 bits per heavy atom. The number of aliphatic hydroxyl groups excluding tert-OH is 1. The zero-order valence-corrected chi connectivity index (χ0v) is 18.6. The Labute approximate surface area is 185 Å². The fourth-order valence-electron chi connectivity index (χ4n) is 3.29. The van der Waals surface area contributed by atoms with Crippen LogP contribution in [0.25, 0.3) is 10.9 Å². The van der Waals surface area contributed by atoms with Crippen molar-refractivity contribution >= 4 is 16.8 Å². The highest BCUT2D eigenvalue weighted by Gasteiger charge is 2.22. The lowest BCUT2D eigenvalue weighted by Gasteiger charge is -2.17. The molecule has 2 heterocycles. The number of fused-ring (bicyclic) bond motifs is 1. The SMILES string of the molecule is Cc1cc(C(C)n2cc3c(CC(=O)NC[C@H](C)O)nccc3n2)ccc1OCC(C)(F)F. The first-order valence-electron chi connectivity index (χ1n) is 10.4. The summed E-state index contributed by atoms with van der Waals surface area (Å²) < 4.78 is 33.2. The molecule has 2 N–H and O–H groups in total. The average Bonchev–Trinajstić information content (AvgIpc) is 3.15. The number of aliphatic hydroxyl groups is 1. The molecule has 32 heavy (non-hydrogen) atoms. The molecule has 172 valence electrons. The number of alkyl halides is 2. The average molecular weight is 446 g/mol. The Bertz CT molecular complexity index is 1090. The van der Waals surface area contributed by atoms with Crippen molar-refractivity contribution in [2.45, 2.75) is 52.2 Å². The van der Waals surface area contributed by atoms with Gasteiger partial charge >= 0.3 is 0 Å². The first kappa shape index (κ1) is 23.6. The molecule has 0 aliphatic rings. The van der Waals surface area contributed by atoms with Crippen molar-refractivity contribution in [1.82, 2.24) is 20.1 Å². The predicted molar refractivity (Wildman–Crippen MR) is 117 cm³/mol. The first-order valence-corrected chi connectivity index (χ1v) is 10.4. The third-order valence-electron chi connectivity index (χ3n) is 5.02. The van der Waals surface area contributed by atoms with E-state index >= 15 is 0 Å². The molecule has 0 fully saturated rings. The van der Waals surface area contributed by atoms with Crippen molar-refractivity contribution < 1.29 is 23.4 Å². The second kappa shape index (κ2) is 9.60. The number of nitrogens with one attached hydrogen (secondary N) is 1. The van der Waals surface area contributed by atoms with Crippen molar-refractivity contribution in [3.05, 3.63) is 53.5 Å². The lowest BCUT2D eigenvalue weighted by Crippen LogP contribution is -2.31. The highest BCUT2D eigenvalue weighted by Crippen LogP contribution is 2.27. The van der Waals surface area contributed by atoms with Crippen LogP contribution in [0.3, 0.4) is 0 Å². The summed E-state index contributed by atoms with van der Waals surface area (Å²) in [5, 5.41) is 17.4. The van der Waals surface area contributed by atoms with Gasteiger partial charge in [0.05, 0.1) is 29.8 Å². The Kier molecular flexibility index (Phi) is 7.08. The Morgan fingerprint density at radius 3 is 2.72 bits per heavy atom. The molecule has 0 spiro atoms. The molecule has 0 saturated heterocycles. The van der Waals surface area contributed by atoms with Gasteiger partial charge in [-0.25, -0.2) is 8.78 Å². The Balaban J connectivity index is 1.79. The molecule has 0 aliphatic carbocycles. The number of ether oxygens (including phenoxy) is 1. The molecule has 0 saturated carbocycles. The van der Waals surface area contributed by atoms with Gasteiger partial charge in [-0.2, -0.15) is 5.10 Å². The number of rotatable bonds is 9. The van der Waals surface area contributed by atoms with Gasteiger partial charge in [-0.05, 0) is 44.0 Å². The van der Waals surface area contributed by atoms with Crippen LogP contribution < -0.4 is 10.1 Å². The normalized spacial score (nSPS) is 13.7. The lowest BCUT2D eigenvalue weighted by molar-refractivity contribution is -0.120. The summed E-state index contributed by atoms with van der Waals surface area (Å²) in [5.74, 6) is -2.70. The van der Waals surface area contributed by atoms with Crippen molar-refractivity contribution in [2.24, 2.45) is 0 Å². The van der Waals surface area contributed by atoms with Gasteiger partial charge in [0.2, 0.25) is 5.91 Å². The molecule has 0 bridgehead atoms. The van der Waals surface area contributed by atoms with E-state index in [-0.39, 0.29) is 24.9 Å². The van der Waals surface area contributed by atoms with Gasteiger partial charge in [-0.15, -0.1) is 0 Å². The monoisotopic (exact) mass is 446 g/mol. The largest absolute Gasteiger partial charge is 0.487 e. The maximum Gasteiger partial charge on any atom is 0.278 e. The van der Waals surface area contributed by atoms with Crippen molar-refractivity contribution in [3.63, 3.8) is 0 Å². The highest BCUT2D eigenvalue weighted by atomic mass is 19.3. The maximum atomic E-state index is 13.1. The number of aromatic nitrogens is 3. The molecular formula is C23H28F2N4O3. The molecule has 3 rings (SSSR count). The number of carbonyl (C=O) groups is 1. The van der Waals surface area contributed by atoms with Crippen LogP contribution in [0, 0.1) is 6.92 Å². The molecule has 7 nitrogen and oxygen atoms in total. The molecule has 3 aromatic rings. The minimum atomic E-state index is -2.90. The summed E-state index contributed by atoms with van der Waals surface area (Å²) in [6.07, 6.45) is 2.92. The number of aryl methyl sites for hydroxylation is 1. The number of carbonyl (C=O) groups excluding carboxylic acids is 1. The summed E-state index contributed by atoms with van der Waals surface area (Å²) in [5.41, 5.74) is 3.01. The van der Waals surface area contributed by atoms with Crippen molar-refractivity contribution in [2.75, 3.05) is 13.2 Å². The van der Waals surface area contributed by atoms with E-state index in [9.17, 15) is 18.7 Å². The minimum Gasteiger partial charge on any atom is -0.487 e. The van der Waals surface area contributed by atoms with Crippen LogP contribution in [0.1, 0.15) is 43.6 Å². The summed E-state index contributed by atoms with van der Waals surface area (Å²) in [6.45, 7) is 5.72. The van der Waals surface area contributed by atoms with E-state index < -0.39 is 18.6 Å². The molecule has 2 atom stereocenters. The number of benzene rings is 1. The molecule has 9 heteroatoms. The summed E-state index contributed by atoms with van der Waals surface area (Å²) in [7, 11) is 0. The number of hydrogen-bond acceptors (Lipinski definition) is 5. The predicted octanol–water partition coefficient (Wildman–Crippen LogP) is 3.42. The standard InChI is InChI=1S/C23H28F2N4O3/c1-14-9-17(5-6-21(14)32-13-23(4,24)25)16(3)29-12-18-19(28-29)7-8-26-20(18)10-22(31)27-11-15(2)30/h5-9,12,15-16,30H,10-11,13H2,1-4H3,(H,27,31)/t15-,16?/m0/s1.